The van der Waals surface area contributed by atoms with Gasteiger partial charge in [0, 0.05) is 17.8 Å². The number of nitrogens with zero attached hydrogens (tertiary/aromatic N) is 1. The van der Waals surface area contributed by atoms with E-state index >= 15 is 0 Å². The van der Waals surface area contributed by atoms with Gasteiger partial charge in [0.05, 0.1) is 11.3 Å². The molecule has 0 unspecified atom stereocenters. The topological polar surface area (TPSA) is 62.8 Å². The highest BCUT2D eigenvalue weighted by Crippen LogP contribution is 2.22. The molecule has 4 nitrogen and oxygen atoms in total. The third-order valence-corrected chi connectivity index (χ3v) is 4.11. The molecule has 0 radical (unpaired) electrons. The summed E-state index contributed by atoms with van der Waals surface area (Å²) < 4.78 is 23.5. The Labute approximate surface area is 88.3 Å². The second-order valence-corrected chi connectivity index (χ2v) is 5.61. The molecular weight excluding hydrogens is 212 g/mol. The summed E-state index contributed by atoms with van der Waals surface area (Å²) in [5.74, 6) is 0.0666. The van der Waals surface area contributed by atoms with Gasteiger partial charge in [0.1, 0.15) is 0 Å². The van der Waals surface area contributed by atoms with Crippen molar-refractivity contribution < 1.29 is 8.42 Å². The summed E-state index contributed by atoms with van der Waals surface area (Å²) in [6, 6.07) is 1.82. The number of aromatic nitrogens is 2. The molecule has 5 heteroatoms. The molecule has 0 aliphatic heterocycles. The van der Waals surface area contributed by atoms with Crippen molar-refractivity contribution >= 4 is 20.7 Å². The minimum absolute atomic E-state index is 0.0666. The van der Waals surface area contributed by atoms with Crippen LogP contribution >= 0.6 is 0 Å². The van der Waals surface area contributed by atoms with Gasteiger partial charge < -0.3 is 4.98 Å². The lowest BCUT2D eigenvalue weighted by Crippen LogP contribution is -2.06. The molecule has 0 bridgehead atoms. The molecule has 0 aliphatic rings. The van der Waals surface area contributed by atoms with E-state index in [2.05, 4.69) is 9.97 Å². The predicted molar refractivity (Wildman–Crippen MR) is 58.6 cm³/mol. The molecular formula is C10H12N2O2S. The van der Waals surface area contributed by atoms with Crippen molar-refractivity contribution in [1.29, 1.82) is 0 Å². The largest absolute Gasteiger partial charge is 0.359 e. The first-order valence-electron chi connectivity index (χ1n) is 4.71. The van der Waals surface area contributed by atoms with Crippen LogP contribution in [-0.4, -0.2) is 24.1 Å². The summed E-state index contributed by atoms with van der Waals surface area (Å²) in [6.45, 7) is 3.55. The maximum atomic E-state index is 11.7. The highest BCUT2D eigenvalue weighted by atomic mass is 32.2. The molecule has 0 amide bonds. The number of aryl methyl sites for hydroxylation is 1. The van der Waals surface area contributed by atoms with E-state index in [0.717, 1.165) is 10.9 Å². The van der Waals surface area contributed by atoms with Crippen LogP contribution in [0.4, 0.5) is 0 Å². The Morgan fingerprint density at radius 1 is 1.47 bits per heavy atom. The van der Waals surface area contributed by atoms with E-state index in [1.54, 1.807) is 13.1 Å². The number of hydrogen-bond donors (Lipinski definition) is 1. The third-order valence-electron chi connectivity index (χ3n) is 2.45. The summed E-state index contributed by atoms with van der Waals surface area (Å²) >= 11 is 0. The van der Waals surface area contributed by atoms with Crippen LogP contribution < -0.4 is 0 Å². The summed E-state index contributed by atoms with van der Waals surface area (Å²) in [4.78, 5) is 6.90. The summed E-state index contributed by atoms with van der Waals surface area (Å²) in [7, 11) is -3.25. The van der Waals surface area contributed by atoms with Crippen LogP contribution in [0.5, 0.6) is 0 Å². The molecule has 0 spiro atoms. The Balaban J connectivity index is 2.83. The zero-order valence-corrected chi connectivity index (χ0v) is 9.43. The highest BCUT2D eigenvalue weighted by molar-refractivity contribution is 7.91. The predicted octanol–water partition coefficient (Wildman–Crippen LogP) is 1.66. The van der Waals surface area contributed by atoms with Gasteiger partial charge in [0.25, 0.3) is 0 Å². The molecule has 0 aliphatic carbocycles. The number of aromatic amines is 1. The van der Waals surface area contributed by atoms with Crippen LogP contribution in [-0.2, 0) is 9.84 Å². The molecule has 2 aromatic rings. The Morgan fingerprint density at radius 3 is 2.87 bits per heavy atom. The summed E-state index contributed by atoms with van der Waals surface area (Å²) in [5, 5.41) is 1.06. The Bertz CT molecular complexity index is 599. The first-order chi connectivity index (χ1) is 7.06. The molecule has 80 valence electrons. The van der Waals surface area contributed by atoms with E-state index in [0.29, 0.717) is 5.52 Å². The Kier molecular flexibility index (Phi) is 2.26. The van der Waals surface area contributed by atoms with Crippen molar-refractivity contribution in [1.82, 2.24) is 9.97 Å². The van der Waals surface area contributed by atoms with Crippen LogP contribution in [0.15, 0.2) is 23.5 Å². The zero-order valence-electron chi connectivity index (χ0n) is 8.61. The molecule has 2 heterocycles. The number of fused-ring (bicyclic) bond motifs is 1. The van der Waals surface area contributed by atoms with Gasteiger partial charge in [-0.1, -0.05) is 6.92 Å². The van der Waals surface area contributed by atoms with E-state index in [4.69, 9.17) is 0 Å². The SMILES string of the molecule is CCS(=O)(=O)c1nccc2c(C)c[nH]c12. The van der Waals surface area contributed by atoms with Crippen LogP contribution in [0, 0.1) is 6.92 Å². The van der Waals surface area contributed by atoms with Gasteiger partial charge in [0.2, 0.25) is 0 Å². The molecule has 0 atom stereocenters. The number of H-pyrrole nitrogens is 1. The normalized spacial score (nSPS) is 12.1. The minimum Gasteiger partial charge on any atom is -0.359 e. The fourth-order valence-electron chi connectivity index (χ4n) is 1.54. The first kappa shape index (κ1) is 10.2. The molecule has 0 saturated carbocycles. The van der Waals surface area contributed by atoms with E-state index in [1.807, 2.05) is 13.0 Å². The second-order valence-electron chi connectivity index (χ2n) is 3.41. The average Bonchev–Trinajstić information content (AvgIpc) is 2.60. The van der Waals surface area contributed by atoms with E-state index in [-0.39, 0.29) is 10.8 Å². The van der Waals surface area contributed by atoms with Crippen LogP contribution in [0.25, 0.3) is 10.9 Å². The Morgan fingerprint density at radius 2 is 2.20 bits per heavy atom. The minimum atomic E-state index is -3.25. The number of rotatable bonds is 2. The van der Waals surface area contributed by atoms with Crippen molar-refractivity contribution in [2.45, 2.75) is 18.9 Å². The van der Waals surface area contributed by atoms with Crippen molar-refractivity contribution in [2.24, 2.45) is 0 Å². The monoisotopic (exact) mass is 224 g/mol. The lowest BCUT2D eigenvalue weighted by atomic mass is 10.2. The number of nitrogens with one attached hydrogen (secondary N) is 1. The molecule has 0 aromatic carbocycles. The van der Waals surface area contributed by atoms with Gasteiger partial charge in [-0.25, -0.2) is 13.4 Å². The molecule has 1 N–H and O–H groups in total. The standard InChI is InChI=1S/C10H12N2O2S/c1-3-15(13,14)10-9-8(4-5-11-10)7(2)6-12-9/h4-6,12H,3H2,1-2H3. The van der Waals surface area contributed by atoms with Crippen molar-refractivity contribution in [3.8, 4) is 0 Å². The fourth-order valence-corrected chi connectivity index (χ4v) is 2.52. The van der Waals surface area contributed by atoms with Crippen molar-refractivity contribution in [2.75, 3.05) is 5.75 Å². The molecule has 0 saturated heterocycles. The van der Waals surface area contributed by atoms with Crippen molar-refractivity contribution in [3.05, 3.63) is 24.0 Å². The van der Waals surface area contributed by atoms with Gasteiger partial charge in [-0.2, -0.15) is 0 Å². The molecule has 2 rings (SSSR count). The maximum absolute atomic E-state index is 11.7. The van der Waals surface area contributed by atoms with Gasteiger partial charge in [-0.05, 0) is 18.6 Å². The van der Waals surface area contributed by atoms with Crippen LogP contribution in [0.1, 0.15) is 12.5 Å². The van der Waals surface area contributed by atoms with E-state index < -0.39 is 9.84 Å². The van der Waals surface area contributed by atoms with E-state index in [1.165, 1.54) is 6.20 Å². The van der Waals surface area contributed by atoms with E-state index in [9.17, 15) is 8.42 Å². The summed E-state index contributed by atoms with van der Waals surface area (Å²) in [5.41, 5.74) is 1.64. The van der Waals surface area contributed by atoms with Crippen LogP contribution in [0.3, 0.4) is 0 Å². The number of hydrogen-bond acceptors (Lipinski definition) is 3. The highest BCUT2D eigenvalue weighted by Gasteiger charge is 2.18. The van der Waals surface area contributed by atoms with Gasteiger partial charge in [-0.15, -0.1) is 0 Å². The second kappa shape index (κ2) is 3.34. The third kappa shape index (κ3) is 1.52. The molecule has 0 fully saturated rings. The summed E-state index contributed by atoms with van der Waals surface area (Å²) in [6.07, 6.45) is 3.33. The zero-order chi connectivity index (χ0) is 11.1. The lowest BCUT2D eigenvalue weighted by Gasteiger charge is -2.01. The van der Waals surface area contributed by atoms with Crippen LogP contribution in [0.2, 0.25) is 0 Å². The van der Waals surface area contributed by atoms with Gasteiger partial charge in [-0.3, -0.25) is 0 Å². The quantitative estimate of drug-likeness (QED) is 0.843. The lowest BCUT2D eigenvalue weighted by molar-refractivity contribution is 0.594. The van der Waals surface area contributed by atoms with Gasteiger partial charge >= 0.3 is 0 Å². The number of pyridine rings is 1. The first-order valence-corrected chi connectivity index (χ1v) is 6.37. The van der Waals surface area contributed by atoms with Gasteiger partial charge in [0.15, 0.2) is 14.9 Å². The van der Waals surface area contributed by atoms with Crippen molar-refractivity contribution in [3.63, 3.8) is 0 Å². The molecule has 2 aromatic heterocycles. The smallest absolute Gasteiger partial charge is 0.197 e. The molecule has 15 heavy (non-hydrogen) atoms. The Hall–Kier alpha value is -1.36. The fraction of sp³-hybridized carbons (Fsp3) is 0.300. The average molecular weight is 224 g/mol. The maximum Gasteiger partial charge on any atom is 0.197 e. The number of sulfone groups is 1.